The molecule has 102 valence electrons. The van der Waals surface area contributed by atoms with Crippen LogP contribution in [-0.2, 0) is 22.6 Å². The highest BCUT2D eigenvalue weighted by molar-refractivity contribution is 7.87. The van der Waals surface area contributed by atoms with Crippen molar-refractivity contribution in [2.45, 2.75) is 32.3 Å². The molecule has 0 amide bonds. The fraction of sp³-hybridized carbons (Fsp3) is 0.500. The summed E-state index contributed by atoms with van der Waals surface area (Å²) < 4.78 is 27.6. The first-order chi connectivity index (χ1) is 8.36. The second-order valence-electron chi connectivity index (χ2n) is 4.39. The zero-order valence-corrected chi connectivity index (χ0v) is 12.4. The molecule has 1 aromatic carbocycles. The van der Waals surface area contributed by atoms with E-state index >= 15 is 0 Å². The molecule has 0 atom stereocenters. The van der Waals surface area contributed by atoms with Crippen LogP contribution >= 0.6 is 11.6 Å². The van der Waals surface area contributed by atoms with Crippen molar-refractivity contribution in [3.8, 4) is 0 Å². The van der Waals surface area contributed by atoms with E-state index in [1.54, 1.807) is 7.05 Å². The van der Waals surface area contributed by atoms with Crippen LogP contribution in [0.5, 0.6) is 0 Å². The van der Waals surface area contributed by atoms with Gasteiger partial charge in [0.2, 0.25) is 0 Å². The van der Waals surface area contributed by atoms with Gasteiger partial charge in [-0.15, -0.1) is 11.6 Å². The van der Waals surface area contributed by atoms with Crippen molar-refractivity contribution in [3.05, 3.63) is 35.4 Å². The van der Waals surface area contributed by atoms with Crippen molar-refractivity contribution in [2.24, 2.45) is 0 Å². The summed E-state index contributed by atoms with van der Waals surface area (Å²) in [6.07, 6.45) is 0. The highest BCUT2D eigenvalue weighted by Gasteiger charge is 2.19. The number of nitrogens with one attached hydrogen (secondary N) is 1. The first kappa shape index (κ1) is 15.4. The minimum absolute atomic E-state index is 0.0725. The van der Waals surface area contributed by atoms with Crippen molar-refractivity contribution in [2.75, 3.05) is 7.05 Å². The predicted octanol–water partition coefficient (Wildman–Crippen LogP) is 2.10. The first-order valence-corrected chi connectivity index (χ1v) is 7.70. The van der Waals surface area contributed by atoms with Crippen LogP contribution in [0.3, 0.4) is 0 Å². The quantitative estimate of drug-likeness (QED) is 0.816. The summed E-state index contributed by atoms with van der Waals surface area (Å²) in [6, 6.07) is 7.47. The summed E-state index contributed by atoms with van der Waals surface area (Å²) in [5.41, 5.74) is 1.87. The molecule has 4 nitrogen and oxygen atoms in total. The van der Waals surface area contributed by atoms with E-state index in [9.17, 15) is 8.42 Å². The first-order valence-electron chi connectivity index (χ1n) is 5.73. The number of nitrogens with zero attached hydrogens (tertiary/aromatic N) is 1. The Kier molecular flexibility index (Phi) is 5.59. The summed E-state index contributed by atoms with van der Waals surface area (Å²) >= 11 is 5.73. The van der Waals surface area contributed by atoms with Crippen LogP contribution in [-0.4, -0.2) is 25.8 Å². The van der Waals surface area contributed by atoms with Crippen molar-refractivity contribution in [1.82, 2.24) is 9.03 Å². The topological polar surface area (TPSA) is 49.4 Å². The van der Waals surface area contributed by atoms with E-state index in [4.69, 9.17) is 11.6 Å². The number of rotatable bonds is 6. The van der Waals surface area contributed by atoms with Gasteiger partial charge in [-0.05, 0) is 25.0 Å². The lowest BCUT2D eigenvalue weighted by molar-refractivity contribution is 0.402. The fourth-order valence-electron chi connectivity index (χ4n) is 1.38. The Balaban J connectivity index is 2.70. The SMILES string of the molecule is CC(C)N(C)S(=O)(=O)NCc1cccc(CCl)c1. The van der Waals surface area contributed by atoms with E-state index in [-0.39, 0.29) is 12.6 Å². The van der Waals surface area contributed by atoms with Crippen molar-refractivity contribution < 1.29 is 8.42 Å². The van der Waals surface area contributed by atoms with Crippen LogP contribution in [0.15, 0.2) is 24.3 Å². The summed E-state index contributed by atoms with van der Waals surface area (Å²) in [6.45, 7) is 3.92. The van der Waals surface area contributed by atoms with Gasteiger partial charge in [0, 0.05) is 25.5 Å². The second-order valence-corrected chi connectivity index (χ2v) is 6.47. The molecule has 0 saturated heterocycles. The largest absolute Gasteiger partial charge is 0.279 e. The molecule has 0 aliphatic carbocycles. The number of hydrogen-bond donors (Lipinski definition) is 1. The van der Waals surface area contributed by atoms with E-state index < -0.39 is 10.2 Å². The predicted molar refractivity (Wildman–Crippen MR) is 74.7 cm³/mol. The summed E-state index contributed by atoms with van der Waals surface area (Å²) in [7, 11) is -1.87. The third-order valence-corrected chi connectivity index (χ3v) is 4.71. The molecule has 0 aliphatic rings. The number of benzene rings is 1. The fourth-order valence-corrected chi connectivity index (χ4v) is 2.65. The number of halogens is 1. The van der Waals surface area contributed by atoms with Crippen LogP contribution in [0, 0.1) is 0 Å². The molecule has 0 heterocycles. The Hall–Kier alpha value is -0.620. The maximum absolute atomic E-state index is 11.9. The van der Waals surface area contributed by atoms with Crippen molar-refractivity contribution in [1.29, 1.82) is 0 Å². The number of alkyl halides is 1. The van der Waals surface area contributed by atoms with Gasteiger partial charge in [0.05, 0.1) is 0 Å². The maximum Gasteiger partial charge on any atom is 0.279 e. The molecule has 0 aliphatic heterocycles. The summed E-state index contributed by atoms with van der Waals surface area (Å²) in [4.78, 5) is 0. The molecule has 0 aromatic heterocycles. The van der Waals surface area contributed by atoms with Crippen molar-refractivity contribution in [3.63, 3.8) is 0 Å². The molecule has 0 saturated carbocycles. The van der Waals surface area contributed by atoms with Crippen molar-refractivity contribution >= 4 is 21.8 Å². The van der Waals surface area contributed by atoms with Gasteiger partial charge in [0.15, 0.2) is 0 Å². The Morgan fingerprint density at radius 2 is 1.94 bits per heavy atom. The molecule has 0 fully saturated rings. The lowest BCUT2D eigenvalue weighted by Gasteiger charge is -2.21. The van der Waals surface area contributed by atoms with E-state index in [1.807, 2.05) is 38.1 Å². The normalized spacial score (nSPS) is 12.3. The van der Waals surface area contributed by atoms with Crippen LogP contribution in [0.25, 0.3) is 0 Å². The molecule has 18 heavy (non-hydrogen) atoms. The zero-order chi connectivity index (χ0) is 13.8. The highest BCUT2D eigenvalue weighted by Crippen LogP contribution is 2.09. The zero-order valence-electron chi connectivity index (χ0n) is 10.9. The molecule has 1 N–H and O–H groups in total. The van der Waals surface area contributed by atoms with Crippen LogP contribution < -0.4 is 4.72 Å². The molecule has 6 heteroatoms. The Morgan fingerprint density at radius 3 is 2.50 bits per heavy atom. The van der Waals surface area contributed by atoms with E-state index in [2.05, 4.69) is 4.72 Å². The highest BCUT2D eigenvalue weighted by atomic mass is 35.5. The molecular formula is C12H19ClN2O2S. The van der Waals surface area contributed by atoms with Gasteiger partial charge in [-0.1, -0.05) is 24.3 Å². The van der Waals surface area contributed by atoms with Gasteiger partial charge >= 0.3 is 0 Å². The third-order valence-electron chi connectivity index (χ3n) is 2.71. The second kappa shape index (κ2) is 6.52. The Bertz CT molecular complexity index is 489. The Morgan fingerprint density at radius 1 is 1.33 bits per heavy atom. The minimum Gasteiger partial charge on any atom is -0.198 e. The van der Waals surface area contributed by atoms with E-state index in [0.717, 1.165) is 11.1 Å². The third kappa shape index (κ3) is 4.24. The van der Waals surface area contributed by atoms with E-state index in [0.29, 0.717) is 5.88 Å². The monoisotopic (exact) mass is 290 g/mol. The van der Waals surface area contributed by atoms with Gasteiger partial charge in [-0.25, -0.2) is 0 Å². The molecule has 1 aromatic rings. The molecule has 0 spiro atoms. The molecule has 0 bridgehead atoms. The van der Waals surface area contributed by atoms with Gasteiger partial charge in [0.25, 0.3) is 10.2 Å². The lowest BCUT2D eigenvalue weighted by Crippen LogP contribution is -2.41. The smallest absolute Gasteiger partial charge is 0.198 e. The van der Waals surface area contributed by atoms with Gasteiger partial charge < -0.3 is 0 Å². The molecule has 0 radical (unpaired) electrons. The molecule has 1 rings (SSSR count). The van der Waals surface area contributed by atoms with Gasteiger partial charge in [0.1, 0.15) is 0 Å². The average molecular weight is 291 g/mol. The number of hydrogen-bond acceptors (Lipinski definition) is 2. The molecule has 0 unspecified atom stereocenters. The average Bonchev–Trinajstić information content (AvgIpc) is 2.35. The lowest BCUT2D eigenvalue weighted by atomic mass is 10.1. The van der Waals surface area contributed by atoms with E-state index in [1.165, 1.54) is 4.31 Å². The van der Waals surface area contributed by atoms with Crippen LogP contribution in [0.4, 0.5) is 0 Å². The maximum atomic E-state index is 11.9. The summed E-state index contributed by atoms with van der Waals surface area (Å²) in [5, 5.41) is 0. The van der Waals surface area contributed by atoms with Gasteiger partial charge in [-0.2, -0.15) is 17.4 Å². The van der Waals surface area contributed by atoms with Gasteiger partial charge in [-0.3, -0.25) is 0 Å². The van der Waals surface area contributed by atoms with Crippen LogP contribution in [0.2, 0.25) is 0 Å². The Labute approximate surface area is 114 Å². The molecular weight excluding hydrogens is 272 g/mol. The summed E-state index contributed by atoms with van der Waals surface area (Å²) in [5.74, 6) is 0.423. The minimum atomic E-state index is -3.43. The standard InChI is InChI=1S/C12H19ClN2O2S/c1-10(2)15(3)18(16,17)14-9-12-6-4-5-11(7-12)8-13/h4-7,10,14H,8-9H2,1-3H3. The van der Waals surface area contributed by atoms with Crippen LogP contribution in [0.1, 0.15) is 25.0 Å².